The quantitative estimate of drug-likeness (QED) is 0.434. The van der Waals surface area contributed by atoms with Crippen LogP contribution in [0.3, 0.4) is 0 Å². The summed E-state index contributed by atoms with van der Waals surface area (Å²) in [5.74, 6) is 0.110. The maximum absolute atomic E-state index is 12.9. The van der Waals surface area contributed by atoms with Gasteiger partial charge in [0.15, 0.2) is 11.6 Å². The molecule has 27 heavy (non-hydrogen) atoms. The summed E-state index contributed by atoms with van der Waals surface area (Å²) in [6.45, 7) is 11.3. The molecule has 1 saturated carbocycles. The fraction of sp³-hybridized carbons (Fsp3) is 0.478. The molecule has 4 heteroatoms. The summed E-state index contributed by atoms with van der Waals surface area (Å²) in [5.41, 5.74) is 4.52. The topological polar surface area (TPSA) is 63.6 Å². The molecule has 0 amide bonds. The van der Waals surface area contributed by atoms with E-state index in [2.05, 4.69) is 6.58 Å². The van der Waals surface area contributed by atoms with Gasteiger partial charge >= 0.3 is 0 Å². The molecule has 0 unspecified atom stereocenters. The number of Topliss-reactive ketones (excluding diaryl/α,β-unsaturated/α-hetero) is 2. The van der Waals surface area contributed by atoms with Gasteiger partial charge in [-0.05, 0) is 69.2 Å². The van der Waals surface area contributed by atoms with Gasteiger partial charge in [0.1, 0.15) is 13.2 Å². The first-order valence-corrected chi connectivity index (χ1v) is 9.40. The van der Waals surface area contributed by atoms with Gasteiger partial charge in [-0.15, -0.1) is 0 Å². The normalized spacial score (nSPS) is 16.0. The number of carbonyl (C=O) groups excluding carboxylic acids is 2. The van der Waals surface area contributed by atoms with Gasteiger partial charge in [-0.25, -0.2) is 0 Å². The molecule has 0 heterocycles. The minimum atomic E-state index is -0.503. The molecule has 0 saturated heterocycles. The highest BCUT2D eigenvalue weighted by Gasteiger charge is 2.27. The Labute approximate surface area is 163 Å². The molecule has 1 aliphatic rings. The molecular formula is C23H32O4. The first-order chi connectivity index (χ1) is 12.8. The van der Waals surface area contributed by atoms with Gasteiger partial charge < -0.3 is 9.84 Å². The minimum Gasteiger partial charge on any atom is -0.388 e. The lowest BCUT2D eigenvalue weighted by molar-refractivity contribution is -0.126. The Morgan fingerprint density at radius 3 is 2.26 bits per heavy atom. The van der Waals surface area contributed by atoms with Crippen molar-refractivity contribution in [3.8, 4) is 0 Å². The second kappa shape index (κ2) is 11.6. The van der Waals surface area contributed by atoms with E-state index < -0.39 is 6.61 Å². The molecule has 148 valence electrons. The van der Waals surface area contributed by atoms with E-state index in [1.165, 1.54) is 6.42 Å². The highest BCUT2D eigenvalue weighted by Crippen LogP contribution is 2.35. The predicted molar refractivity (Wildman–Crippen MR) is 109 cm³/mol. The number of hydrogen-bond donors (Lipinski definition) is 1. The number of ketones is 2. The van der Waals surface area contributed by atoms with E-state index in [-0.39, 0.29) is 18.2 Å². The number of rotatable bonds is 11. The molecule has 1 rings (SSSR count). The summed E-state index contributed by atoms with van der Waals surface area (Å²) >= 11 is 0. The maximum Gasteiger partial charge on any atom is 0.184 e. The van der Waals surface area contributed by atoms with Gasteiger partial charge in [0.2, 0.25) is 0 Å². The molecule has 0 radical (unpaired) electrons. The standard InChI is InChI=1S/C23H32O4/c1-6-19(11-10-17(4)14-27-15-21(25)13-24)12-22(20-8-7-9-20)23(26)18(5)16(2)3/h6,10-12,20,24H,1,7-9,13-15H2,2-5H3/b17-10+,19-11+,22-12-. The van der Waals surface area contributed by atoms with E-state index in [0.717, 1.165) is 40.7 Å². The largest absolute Gasteiger partial charge is 0.388 e. The van der Waals surface area contributed by atoms with Crippen molar-refractivity contribution in [1.82, 2.24) is 0 Å². The first kappa shape index (κ1) is 23.0. The fourth-order valence-corrected chi connectivity index (χ4v) is 2.54. The van der Waals surface area contributed by atoms with Crippen molar-refractivity contribution in [2.45, 2.75) is 47.0 Å². The lowest BCUT2D eigenvalue weighted by Gasteiger charge is -2.28. The Hall–Kier alpha value is -2.04. The third kappa shape index (κ3) is 7.61. The molecule has 1 aliphatic carbocycles. The Balaban J connectivity index is 2.94. The zero-order valence-corrected chi connectivity index (χ0v) is 17.0. The van der Waals surface area contributed by atoms with E-state index in [9.17, 15) is 9.59 Å². The van der Waals surface area contributed by atoms with Crippen LogP contribution in [0.1, 0.15) is 47.0 Å². The average Bonchev–Trinajstić information content (AvgIpc) is 2.60. The molecular weight excluding hydrogens is 340 g/mol. The Kier molecular flexibility index (Phi) is 9.90. The van der Waals surface area contributed by atoms with Crippen LogP contribution in [0, 0.1) is 5.92 Å². The lowest BCUT2D eigenvalue weighted by atomic mass is 9.76. The van der Waals surface area contributed by atoms with Gasteiger partial charge in [0.05, 0.1) is 6.61 Å². The summed E-state index contributed by atoms with van der Waals surface area (Å²) in [7, 11) is 0. The van der Waals surface area contributed by atoms with Crippen LogP contribution in [0.15, 0.2) is 58.7 Å². The second-order valence-electron chi connectivity index (χ2n) is 7.26. The van der Waals surface area contributed by atoms with Crippen LogP contribution < -0.4 is 0 Å². The highest BCUT2D eigenvalue weighted by molar-refractivity contribution is 6.09. The zero-order chi connectivity index (χ0) is 20.4. The number of aliphatic hydroxyl groups excluding tert-OH is 1. The summed E-state index contributed by atoms with van der Waals surface area (Å²) in [4.78, 5) is 23.9. The van der Waals surface area contributed by atoms with Crippen LogP contribution in [0.2, 0.25) is 0 Å². The van der Waals surface area contributed by atoms with Crippen molar-refractivity contribution in [2.75, 3.05) is 19.8 Å². The number of hydrogen-bond acceptors (Lipinski definition) is 4. The molecule has 0 spiro atoms. The monoisotopic (exact) mass is 372 g/mol. The SMILES string of the molecule is C=CC(/C=C(\C(=O)C(C)=C(C)C)C1CCC1)=C\C=C(/C)COCC(=O)CO. The molecule has 4 nitrogen and oxygen atoms in total. The van der Waals surface area contributed by atoms with Crippen molar-refractivity contribution in [2.24, 2.45) is 5.92 Å². The Morgan fingerprint density at radius 1 is 1.11 bits per heavy atom. The molecule has 0 bridgehead atoms. The fourth-order valence-electron chi connectivity index (χ4n) is 2.54. The van der Waals surface area contributed by atoms with Crippen molar-refractivity contribution >= 4 is 11.6 Å². The van der Waals surface area contributed by atoms with Crippen molar-refractivity contribution in [3.05, 3.63) is 58.7 Å². The van der Waals surface area contributed by atoms with E-state index in [4.69, 9.17) is 9.84 Å². The van der Waals surface area contributed by atoms with Gasteiger partial charge in [0, 0.05) is 5.57 Å². The second-order valence-corrected chi connectivity index (χ2v) is 7.26. The van der Waals surface area contributed by atoms with Gasteiger partial charge in [-0.2, -0.15) is 0 Å². The smallest absolute Gasteiger partial charge is 0.184 e. The third-order valence-corrected chi connectivity index (χ3v) is 4.79. The van der Waals surface area contributed by atoms with Gasteiger partial charge in [0.25, 0.3) is 0 Å². The van der Waals surface area contributed by atoms with Gasteiger partial charge in [-0.3, -0.25) is 9.59 Å². The Morgan fingerprint density at radius 2 is 1.78 bits per heavy atom. The summed E-state index contributed by atoms with van der Waals surface area (Å²) in [6, 6.07) is 0. The first-order valence-electron chi connectivity index (χ1n) is 9.40. The minimum absolute atomic E-state index is 0.0953. The number of ether oxygens (including phenoxy) is 1. The van der Waals surface area contributed by atoms with Crippen molar-refractivity contribution in [3.63, 3.8) is 0 Å². The van der Waals surface area contributed by atoms with Crippen molar-refractivity contribution < 1.29 is 19.4 Å². The van der Waals surface area contributed by atoms with Crippen molar-refractivity contribution in [1.29, 1.82) is 0 Å². The zero-order valence-electron chi connectivity index (χ0n) is 17.0. The van der Waals surface area contributed by atoms with E-state index in [1.807, 2.05) is 45.9 Å². The summed E-state index contributed by atoms with van der Waals surface area (Å²) < 4.78 is 5.25. The molecule has 0 aliphatic heterocycles. The molecule has 0 aromatic carbocycles. The lowest BCUT2D eigenvalue weighted by Crippen LogP contribution is -2.21. The summed E-state index contributed by atoms with van der Waals surface area (Å²) in [6.07, 6.45) is 10.8. The number of allylic oxidation sites excluding steroid dienone is 8. The Bertz CT molecular complexity index is 681. The van der Waals surface area contributed by atoms with Gasteiger partial charge in [-0.1, -0.05) is 36.8 Å². The van der Waals surface area contributed by atoms with E-state index in [1.54, 1.807) is 6.08 Å². The van der Waals surface area contributed by atoms with E-state index >= 15 is 0 Å². The average molecular weight is 373 g/mol. The van der Waals surface area contributed by atoms with Crippen LogP contribution in [0.4, 0.5) is 0 Å². The van der Waals surface area contributed by atoms with Crippen LogP contribution in [-0.2, 0) is 14.3 Å². The number of aliphatic hydroxyl groups is 1. The number of carbonyl (C=O) groups is 2. The van der Waals surface area contributed by atoms with Crippen LogP contribution in [0.5, 0.6) is 0 Å². The maximum atomic E-state index is 12.9. The van der Waals surface area contributed by atoms with Crippen LogP contribution >= 0.6 is 0 Å². The van der Waals surface area contributed by atoms with E-state index in [0.29, 0.717) is 12.5 Å². The molecule has 0 atom stereocenters. The predicted octanol–water partition coefficient (Wildman–Crippen LogP) is 4.28. The molecule has 0 aromatic rings. The molecule has 1 fully saturated rings. The summed E-state index contributed by atoms with van der Waals surface area (Å²) in [5, 5.41) is 8.68. The molecule has 0 aromatic heterocycles. The third-order valence-electron chi connectivity index (χ3n) is 4.79. The van der Waals surface area contributed by atoms with Crippen LogP contribution in [0.25, 0.3) is 0 Å². The highest BCUT2D eigenvalue weighted by atomic mass is 16.5. The van der Waals surface area contributed by atoms with Crippen LogP contribution in [-0.4, -0.2) is 36.5 Å². The molecule has 1 N–H and O–H groups in total.